The molecule has 104 valence electrons. The van der Waals surface area contributed by atoms with Crippen molar-refractivity contribution < 1.29 is 9.47 Å². The Kier molecular flexibility index (Phi) is 3.15. The molecule has 20 heavy (non-hydrogen) atoms. The quantitative estimate of drug-likeness (QED) is 0.654. The second-order valence-electron chi connectivity index (χ2n) is 4.70. The molecule has 2 heterocycles. The molecule has 3 N–H and O–H groups in total. The van der Waals surface area contributed by atoms with Crippen LogP contribution in [0.25, 0.3) is 11.4 Å². The lowest BCUT2D eigenvalue weighted by atomic mass is 10.1. The van der Waals surface area contributed by atoms with Crippen molar-refractivity contribution in [3.63, 3.8) is 0 Å². The zero-order valence-corrected chi connectivity index (χ0v) is 11.4. The normalized spacial score (nSPS) is 16.4. The van der Waals surface area contributed by atoms with E-state index in [2.05, 4.69) is 15.4 Å². The average molecular weight is 272 g/mol. The fourth-order valence-electron chi connectivity index (χ4n) is 2.35. The fraction of sp³-hybridized carbons (Fsp3) is 0.286. The van der Waals surface area contributed by atoms with Crippen molar-refractivity contribution in [3.8, 4) is 22.9 Å². The van der Waals surface area contributed by atoms with Gasteiger partial charge in [-0.25, -0.2) is 15.8 Å². The fourth-order valence-corrected chi connectivity index (χ4v) is 2.35. The van der Waals surface area contributed by atoms with Gasteiger partial charge in [0.05, 0.1) is 12.7 Å². The summed E-state index contributed by atoms with van der Waals surface area (Å²) in [6.45, 7) is 2.04. The molecule has 1 atom stereocenters. The van der Waals surface area contributed by atoms with Crippen LogP contribution in [0.3, 0.4) is 0 Å². The van der Waals surface area contributed by atoms with Crippen LogP contribution in [-0.2, 0) is 6.42 Å². The van der Waals surface area contributed by atoms with E-state index in [4.69, 9.17) is 15.3 Å². The Balaban J connectivity index is 2.10. The smallest absolute Gasteiger partial charge is 0.165 e. The Morgan fingerprint density at radius 2 is 2.30 bits per heavy atom. The van der Waals surface area contributed by atoms with Crippen molar-refractivity contribution in [3.05, 3.63) is 30.0 Å². The molecule has 3 rings (SSSR count). The van der Waals surface area contributed by atoms with Crippen LogP contribution in [-0.4, -0.2) is 23.2 Å². The Bertz CT molecular complexity index is 645. The van der Waals surface area contributed by atoms with Gasteiger partial charge in [0.2, 0.25) is 0 Å². The summed E-state index contributed by atoms with van der Waals surface area (Å²) >= 11 is 0. The monoisotopic (exact) mass is 272 g/mol. The molecule has 0 aliphatic carbocycles. The van der Waals surface area contributed by atoms with Crippen molar-refractivity contribution in [2.75, 3.05) is 12.5 Å². The van der Waals surface area contributed by atoms with Gasteiger partial charge in [-0.1, -0.05) is 0 Å². The molecule has 1 unspecified atom stereocenters. The van der Waals surface area contributed by atoms with E-state index in [-0.39, 0.29) is 6.10 Å². The molecule has 1 aromatic heterocycles. The van der Waals surface area contributed by atoms with Crippen LogP contribution >= 0.6 is 0 Å². The number of hydrogen-bond donors (Lipinski definition) is 2. The van der Waals surface area contributed by atoms with Gasteiger partial charge in [0.1, 0.15) is 23.4 Å². The first-order chi connectivity index (χ1) is 9.71. The number of nitrogens with one attached hydrogen (secondary N) is 1. The maximum Gasteiger partial charge on any atom is 0.165 e. The van der Waals surface area contributed by atoms with Crippen LogP contribution in [0.5, 0.6) is 11.5 Å². The van der Waals surface area contributed by atoms with E-state index in [0.717, 1.165) is 29.0 Å². The first kappa shape index (κ1) is 12.7. The number of anilines is 1. The van der Waals surface area contributed by atoms with Crippen molar-refractivity contribution in [1.29, 1.82) is 0 Å². The molecule has 1 aromatic carbocycles. The van der Waals surface area contributed by atoms with Gasteiger partial charge >= 0.3 is 0 Å². The predicted molar refractivity (Wildman–Crippen MR) is 75.6 cm³/mol. The maximum atomic E-state index is 5.77. The number of rotatable bonds is 3. The summed E-state index contributed by atoms with van der Waals surface area (Å²) in [5.74, 6) is 8.07. The van der Waals surface area contributed by atoms with Gasteiger partial charge < -0.3 is 14.9 Å². The van der Waals surface area contributed by atoms with Gasteiger partial charge in [0.25, 0.3) is 0 Å². The highest BCUT2D eigenvalue weighted by Crippen LogP contribution is 2.38. The lowest BCUT2D eigenvalue weighted by molar-refractivity contribution is 0.254. The van der Waals surface area contributed by atoms with Gasteiger partial charge in [-0.3, -0.25) is 0 Å². The number of hydrogen-bond acceptors (Lipinski definition) is 6. The maximum absolute atomic E-state index is 5.77. The third kappa shape index (κ3) is 2.14. The molecule has 0 spiro atoms. The molecule has 6 nitrogen and oxygen atoms in total. The van der Waals surface area contributed by atoms with Crippen LogP contribution < -0.4 is 20.7 Å². The zero-order valence-electron chi connectivity index (χ0n) is 11.4. The van der Waals surface area contributed by atoms with Crippen LogP contribution in [0.1, 0.15) is 12.5 Å². The molecule has 0 saturated carbocycles. The first-order valence-corrected chi connectivity index (χ1v) is 6.39. The largest absolute Gasteiger partial charge is 0.496 e. The van der Waals surface area contributed by atoms with E-state index in [9.17, 15) is 0 Å². The number of nitrogens with zero attached hydrogens (tertiary/aromatic N) is 2. The highest BCUT2D eigenvalue weighted by Gasteiger charge is 2.23. The minimum absolute atomic E-state index is 0.183. The summed E-state index contributed by atoms with van der Waals surface area (Å²) in [5.41, 5.74) is 4.44. The predicted octanol–water partition coefficient (Wildman–Crippen LogP) is 1.76. The van der Waals surface area contributed by atoms with E-state index in [1.165, 1.54) is 0 Å². The van der Waals surface area contributed by atoms with Crippen LogP contribution in [0.2, 0.25) is 0 Å². The molecule has 1 aliphatic heterocycles. The van der Waals surface area contributed by atoms with Gasteiger partial charge in [0.15, 0.2) is 5.82 Å². The molecule has 0 bridgehead atoms. The number of nitrogens with two attached hydrogens (primary N) is 1. The summed E-state index contributed by atoms with van der Waals surface area (Å²) in [6, 6.07) is 5.61. The minimum Gasteiger partial charge on any atom is -0.496 e. The Morgan fingerprint density at radius 3 is 3.05 bits per heavy atom. The second kappa shape index (κ2) is 4.97. The summed E-state index contributed by atoms with van der Waals surface area (Å²) in [4.78, 5) is 8.60. The highest BCUT2D eigenvalue weighted by atomic mass is 16.5. The summed E-state index contributed by atoms with van der Waals surface area (Å²) < 4.78 is 11.2. The van der Waals surface area contributed by atoms with E-state index in [1.54, 1.807) is 19.4 Å². The summed E-state index contributed by atoms with van der Waals surface area (Å²) in [5, 5.41) is 0. The first-order valence-electron chi connectivity index (χ1n) is 6.39. The molecule has 2 aromatic rings. The molecule has 6 heteroatoms. The number of ether oxygens (including phenoxy) is 2. The Labute approximate surface area is 116 Å². The van der Waals surface area contributed by atoms with E-state index >= 15 is 0 Å². The number of nitrogen functional groups attached to an aromatic ring is 1. The number of aromatic nitrogens is 2. The standard InChI is InChI=1S/C14H16N4O2/c1-8-5-9-6-12(19-2)10(7-11(9)20-8)14-16-4-3-13(17-14)18-15/h3-4,6-8H,5,15H2,1-2H3,(H,16,17,18). The van der Waals surface area contributed by atoms with E-state index in [1.807, 2.05) is 19.1 Å². The van der Waals surface area contributed by atoms with Crippen molar-refractivity contribution >= 4 is 5.82 Å². The van der Waals surface area contributed by atoms with Gasteiger partial charge in [-0.15, -0.1) is 0 Å². The minimum atomic E-state index is 0.183. The molecule has 1 aliphatic rings. The third-order valence-electron chi connectivity index (χ3n) is 3.26. The second-order valence-corrected chi connectivity index (χ2v) is 4.70. The number of hydrazine groups is 1. The van der Waals surface area contributed by atoms with E-state index < -0.39 is 0 Å². The molecule has 0 fully saturated rings. The van der Waals surface area contributed by atoms with Crippen molar-refractivity contribution in [1.82, 2.24) is 9.97 Å². The SMILES string of the molecule is COc1cc2c(cc1-c1nccc(NN)n1)OC(C)C2. The molecule has 0 saturated heterocycles. The lowest BCUT2D eigenvalue weighted by Gasteiger charge is -2.10. The number of methoxy groups -OCH3 is 1. The Morgan fingerprint density at radius 1 is 1.45 bits per heavy atom. The Hall–Kier alpha value is -2.34. The number of fused-ring (bicyclic) bond motifs is 1. The molecular formula is C14H16N4O2. The topological polar surface area (TPSA) is 82.3 Å². The van der Waals surface area contributed by atoms with Crippen LogP contribution in [0.4, 0.5) is 5.82 Å². The third-order valence-corrected chi connectivity index (χ3v) is 3.26. The molecule has 0 amide bonds. The van der Waals surface area contributed by atoms with Crippen LogP contribution in [0, 0.1) is 0 Å². The van der Waals surface area contributed by atoms with Crippen LogP contribution in [0.15, 0.2) is 24.4 Å². The summed E-state index contributed by atoms with van der Waals surface area (Å²) in [6.07, 6.45) is 2.72. The zero-order chi connectivity index (χ0) is 14.1. The molecular weight excluding hydrogens is 256 g/mol. The van der Waals surface area contributed by atoms with Gasteiger partial charge in [0, 0.05) is 24.2 Å². The lowest BCUT2D eigenvalue weighted by Crippen LogP contribution is -2.09. The highest BCUT2D eigenvalue weighted by molar-refractivity contribution is 5.69. The van der Waals surface area contributed by atoms with Crippen molar-refractivity contribution in [2.24, 2.45) is 5.84 Å². The van der Waals surface area contributed by atoms with Gasteiger partial charge in [-0.05, 0) is 19.1 Å². The molecule has 0 radical (unpaired) electrons. The summed E-state index contributed by atoms with van der Waals surface area (Å²) in [7, 11) is 1.63. The van der Waals surface area contributed by atoms with Gasteiger partial charge in [-0.2, -0.15) is 0 Å². The number of benzene rings is 1. The average Bonchev–Trinajstić information content (AvgIpc) is 2.84. The van der Waals surface area contributed by atoms with Crippen molar-refractivity contribution in [2.45, 2.75) is 19.4 Å². The van der Waals surface area contributed by atoms with E-state index in [0.29, 0.717) is 11.6 Å².